The van der Waals surface area contributed by atoms with Gasteiger partial charge in [-0.25, -0.2) is 0 Å². The van der Waals surface area contributed by atoms with E-state index < -0.39 is 0 Å². The van der Waals surface area contributed by atoms with Gasteiger partial charge in [-0.2, -0.15) is 0 Å². The van der Waals surface area contributed by atoms with Crippen LogP contribution in [0, 0.1) is 6.92 Å². The third-order valence-electron chi connectivity index (χ3n) is 2.27. The third-order valence-corrected chi connectivity index (χ3v) is 2.80. The van der Waals surface area contributed by atoms with Crippen molar-refractivity contribution in [1.82, 2.24) is 0 Å². The van der Waals surface area contributed by atoms with Crippen LogP contribution in [0.2, 0.25) is 0 Å². The first-order valence-electron chi connectivity index (χ1n) is 4.92. The second-order valence-corrected chi connectivity index (χ2v) is 4.15. The summed E-state index contributed by atoms with van der Waals surface area (Å²) < 4.78 is 0. The SMILES string of the molecule is CCC(Cl)CCc1cccc(C)c1. The van der Waals surface area contributed by atoms with Crippen molar-refractivity contribution in [3.8, 4) is 0 Å². The molecule has 1 unspecified atom stereocenters. The Morgan fingerprint density at radius 1 is 1.38 bits per heavy atom. The molecule has 0 radical (unpaired) electrons. The van der Waals surface area contributed by atoms with Crippen LogP contribution < -0.4 is 0 Å². The normalized spacial score (nSPS) is 12.8. The van der Waals surface area contributed by atoms with Crippen molar-refractivity contribution < 1.29 is 0 Å². The molecule has 72 valence electrons. The Morgan fingerprint density at radius 3 is 2.77 bits per heavy atom. The molecule has 1 aromatic rings. The van der Waals surface area contributed by atoms with Gasteiger partial charge in [0.2, 0.25) is 0 Å². The summed E-state index contributed by atoms with van der Waals surface area (Å²) >= 11 is 6.05. The molecule has 0 amide bonds. The summed E-state index contributed by atoms with van der Waals surface area (Å²) in [4.78, 5) is 0. The van der Waals surface area contributed by atoms with Gasteiger partial charge in [0.15, 0.2) is 0 Å². The lowest BCUT2D eigenvalue weighted by Gasteiger charge is -2.06. The summed E-state index contributed by atoms with van der Waals surface area (Å²) in [6.07, 6.45) is 3.25. The van der Waals surface area contributed by atoms with Crippen molar-refractivity contribution in [3.05, 3.63) is 35.4 Å². The summed E-state index contributed by atoms with van der Waals surface area (Å²) in [5.74, 6) is 0. The highest BCUT2D eigenvalue weighted by Crippen LogP contribution is 2.12. The van der Waals surface area contributed by atoms with E-state index in [1.165, 1.54) is 11.1 Å². The predicted octanol–water partition coefficient (Wildman–Crippen LogP) is 3.95. The average Bonchev–Trinajstić information content (AvgIpc) is 2.14. The minimum Gasteiger partial charge on any atom is -0.123 e. The molecule has 0 bridgehead atoms. The van der Waals surface area contributed by atoms with Crippen molar-refractivity contribution in [1.29, 1.82) is 0 Å². The van der Waals surface area contributed by atoms with Crippen molar-refractivity contribution in [2.24, 2.45) is 0 Å². The minimum absolute atomic E-state index is 0.334. The Kier molecular flexibility index (Phi) is 4.31. The fourth-order valence-corrected chi connectivity index (χ4v) is 1.50. The van der Waals surface area contributed by atoms with Crippen LogP contribution in [0.1, 0.15) is 30.9 Å². The van der Waals surface area contributed by atoms with Gasteiger partial charge in [0, 0.05) is 5.38 Å². The van der Waals surface area contributed by atoms with E-state index in [0.29, 0.717) is 5.38 Å². The zero-order valence-electron chi connectivity index (χ0n) is 8.39. The quantitative estimate of drug-likeness (QED) is 0.640. The number of hydrogen-bond acceptors (Lipinski definition) is 0. The Bertz CT molecular complexity index is 255. The van der Waals surface area contributed by atoms with Crippen LogP contribution in [0.15, 0.2) is 24.3 Å². The summed E-state index contributed by atoms with van der Waals surface area (Å²) in [6, 6.07) is 8.65. The molecule has 0 saturated heterocycles. The molecule has 0 nitrogen and oxygen atoms in total. The molecule has 0 aromatic heterocycles. The summed E-state index contributed by atoms with van der Waals surface area (Å²) in [5, 5.41) is 0.334. The highest BCUT2D eigenvalue weighted by atomic mass is 35.5. The first kappa shape index (κ1) is 10.6. The van der Waals surface area contributed by atoms with E-state index in [0.717, 1.165) is 19.3 Å². The third kappa shape index (κ3) is 3.82. The molecule has 1 heteroatoms. The highest BCUT2D eigenvalue weighted by molar-refractivity contribution is 6.20. The number of aryl methyl sites for hydroxylation is 2. The molecule has 1 atom stereocenters. The smallest absolute Gasteiger partial charge is 0.0336 e. The molecule has 0 fully saturated rings. The van der Waals surface area contributed by atoms with Gasteiger partial charge in [0.25, 0.3) is 0 Å². The zero-order chi connectivity index (χ0) is 9.68. The van der Waals surface area contributed by atoms with E-state index in [9.17, 15) is 0 Å². The Labute approximate surface area is 85.9 Å². The van der Waals surface area contributed by atoms with Crippen LogP contribution >= 0.6 is 11.6 Å². The van der Waals surface area contributed by atoms with Gasteiger partial charge in [-0.1, -0.05) is 36.8 Å². The molecule has 13 heavy (non-hydrogen) atoms. The summed E-state index contributed by atoms with van der Waals surface area (Å²) in [5.41, 5.74) is 2.74. The lowest BCUT2D eigenvalue weighted by atomic mass is 10.1. The fourth-order valence-electron chi connectivity index (χ4n) is 1.40. The van der Waals surface area contributed by atoms with Crippen LogP contribution in [-0.4, -0.2) is 5.38 Å². The number of halogens is 1. The molecular formula is C12H17Cl. The molecule has 1 rings (SSSR count). The van der Waals surface area contributed by atoms with Crippen LogP contribution in [0.25, 0.3) is 0 Å². The van der Waals surface area contributed by atoms with Gasteiger partial charge < -0.3 is 0 Å². The Balaban J connectivity index is 2.45. The standard InChI is InChI=1S/C12H17Cl/c1-3-12(13)8-7-11-6-4-5-10(2)9-11/h4-6,9,12H,3,7-8H2,1-2H3. The lowest BCUT2D eigenvalue weighted by Crippen LogP contribution is -1.98. The zero-order valence-corrected chi connectivity index (χ0v) is 9.14. The molecule has 0 aliphatic heterocycles. The van der Waals surface area contributed by atoms with Gasteiger partial charge in [-0.3, -0.25) is 0 Å². The van der Waals surface area contributed by atoms with Crippen LogP contribution in [0.3, 0.4) is 0 Å². The maximum Gasteiger partial charge on any atom is 0.0336 e. The molecular weight excluding hydrogens is 180 g/mol. The van der Waals surface area contributed by atoms with Crippen LogP contribution in [-0.2, 0) is 6.42 Å². The van der Waals surface area contributed by atoms with E-state index in [2.05, 4.69) is 38.1 Å². The Hall–Kier alpha value is -0.490. The first-order chi connectivity index (χ1) is 6.22. The van der Waals surface area contributed by atoms with Crippen LogP contribution in [0.5, 0.6) is 0 Å². The molecule has 0 spiro atoms. The number of rotatable bonds is 4. The fraction of sp³-hybridized carbons (Fsp3) is 0.500. The summed E-state index contributed by atoms with van der Waals surface area (Å²) in [7, 11) is 0. The van der Waals surface area contributed by atoms with Gasteiger partial charge in [0.1, 0.15) is 0 Å². The van der Waals surface area contributed by atoms with E-state index >= 15 is 0 Å². The number of alkyl halides is 1. The maximum atomic E-state index is 6.05. The molecule has 0 N–H and O–H groups in total. The van der Waals surface area contributed by atoms with Gasteiger partial charge in [0.05, 0.1) is 0 Å². The van der Waals surface area contributed by atoms with E-state index in [1.807, 2.05) is 0 Å². The van der Waals surface area contributed by atoms with E-state index in [1.54, 1.807) is 0 Å². The topological polar surface area (TPSA) is 0 Å². The summed E-state index contributed by atoms with van der Waals surface area (Å²) in [6.45, 7) is 4.26. The molecule has 1 aromatic carbocycles. The van der Waals surface area contributed by atoms with Crippen molar-refractivity contribution in [3.63, 3.8) is 0 Å². The van der Waals surface area contributed by atoms with Gasteiger partial charge in [-0.05, 0) is 31.7 Å². The van der Waals surface area contributed by atoms with Crippen LogP contribution in [0.4, 0.5) is 0 Å². The molecule has 0 saturated carbocycles. The average molecular weight is 197 g/mol. The van der Waals surface area contributed by atoms with Crippen molar-refractivity contribution in [2.45, 2.75) is 38.5 Å². The molecule has 0 aliphatic carbocycles. The Morgan fingerprint density at radius 2 is 2.15 bits per heavy atom. The minimum atomic E-state index is 0.334. The van der Waals surface area contributed by atoms with Gasteiger partial charge >= 0.3 is 0 Å². The maximum absolute atomic E-state index is 6.05. The van der Waals surface area contributed by atoms with Crippen molar-refractivity contribution >= 4 is 11.6 Å². The largest absolute Gasteiger partial charge is 0.123 e. The second-order valence-electron chi connectivity index (χ2n) is 3.53. The highest BCUT2D eigenvalue weighted by Gasteiger charge is 2.01. The second kappa shape index (κ2) is 5.29. The molecule has 0 heterocycles. The predicted molar refractivity (Wildman–Crippen MR) is 59.4 cm³/mol. The lowest BCUT2D eigenvalue weighted by molar-refractivity contribution is 0.726. The number of benzene rings is 1. The van der Waals surface area contributed by atoms with E-state index in [-0.39, 0.29) is 0 Å². The number of hydrogen-bond donors (Lipinski definition) is 0. The molecule has 0 aliphatic rings. The van der Waals surface area contributed by atoms with Gasteiger partial charge in [-0.15, -0.1) is 11.6 Å². The monoisotopic (exact) mass is 196 g/mol. The van der Waals surface area contributed by atoms with Crippen molar-refractivity contribution in [2.75, 3.05) is 0 Å². The first-order valence-corrected chi connectivity index (χ1v) is 5.35. The van der Waals surface area contributed by atoms with E-state index in [4.69, 9.17) is 11.6 Å².